The van der Waals surface area contributed by atoms with Crippen molar-refractivity contribution in [3.8, 4) is 0 Å². The van der Waals surface area contributed by atoms with E-state index in [4.69, 9.17) is 0 Å². The molecule has 1 amide bonds. The number of anilines is 1. The number of hydrogen-bond donors (Lipinski definition) is 1. The summed E-state index contributed by atoms with van der Waals surface area (Å²) in [4.78, 5) is 24.1. The third-order valence-electron chi connectivity index (χ3n) is 4.57. The lowest BCUT2D eigenvalue weighted by atomic mass is 10.1. The summed E-state index contributed by atoms with van der Waals surface area (Å²) in [5.41, 5.74) is 5.59. The normalized spacial score (nSPS) is 11.2. The van der Waals surface area contributed by atoms with Crippen molar-refractivity contribution in [2.45, 2.75) is 53.0 Å². The molecule has 142 valence electrons. The molecule has 0 atom stereocenters. The van der Waals surface area contributed by atoms with E-state index in [1.807, 2.05) is 20.8 Å². The van der Waals surface area contributed by atoms with Gasteiger partial charge in [0.1, 0.15) is 15.7 Å². The standard InChI is InChI=1S/C21H25N3OS2/c1-7-16-14(5)27-21-18(16)20(22-15(6)23-21)26-10-17(25)24-19-12(3)8-11(2)9-13(19)4/h8-9H,7,10H2,1-6H3,(H,24,25). The number of aromatic nitrogens is 2. The van der Waals surface area contributed by atoms with E-state index in [-0.39, 0.29) is 5.91 Å². The van der Waals surface area contributed by atoms with Gasteiger partial charge >= 0.3 is 0 Å². The molecule has 0 radical (unpaired) electrons. The number of carbonyl (C=O) groups excluding carboxylic acids is 1. The second-order valence-electron chi connectivity index (χ2n) is 6.86. The number of nitrogens with one attached hydrogen (secondary N) is 1. The first-order chi connectivity index (χ1) is 12.8. The zero-order valence-electron chi connectivity index (χ0n) is 16.7. The van der Waals surface area contributed by atoms with E-state index in [9.17, 15) is 4.79 Å². The molecule has 0 bridgehead atoms. The van der Waals surface area contributed by atoms with E-state index >= 15 is 0 Å². The van der Waals surface area contributed by atoms with E-state index in [0.717, 1.165) is 44.3 Å². The topological polar surface area (TPSA) is 54.9 Å². The summed E-state index contributed by atoms with van der Waals surface area (Å²) in [6.07, 6.45) is 0.944. The highest BCUT2D eigenvalue weighted by Crippen LogP contribution is 2.36. The molecule has 0 fully saturated rings. The fraction of sp³-hybridized carbons (Fsp3) is 0.381. The number of amides is 1. The number of carbonyl (C=O) groups is 1. The van der Waals surface area contributed by atoms with Crippen molar-refractivity contribution in [1.29, 1.82) is 0 Å². The molecule has 0 unspecified atom stereocenters. The highest BCUT2D eigenvalue weighted by molar-refractivity contribution is 8.00. The van der Waals surface area contributed by atoms with Gasteiger partial charge in [0.2, 0.25) is 5.91 Å². The monoisotopic (exact) mass is 399 g/mol. The predicted molar refractivity (Wildman–Crippen MR) is 116 cm³/mol. The van der Waals surface area contributed by atoms with Crippen LogP contribution in [0.15, 0.2) is 17.2 Å². The van der Waals surface area contributed by atoms with Crippen LogP contribution in [0.3, 0.4) is 0 Å². The Morgan fingerprint density at radius 3 is 2.41 bits per heavy atom. The highest BCUT2D eigenvalue weighted by Gasteiger charge is 2.17. The van der Waals surface area contributed by atoms with E-state index in [0.29, 0.717) is 5.75 Å². The van der Waals surface area contributed by atoms with Gasteiger partial charge in [-0.25, -0.2) is 9.97 Å². The number of aryl methyl sites for hydroxylation is 6. The second kappa shape index (κ2) is 7.98. The van der Waals surface area contributed by atoms with Crippen LogP contribution in [0.5, 0.6) is 0 Å². The van der Waals surface area contributed by atoms with Gasteiger partial charge in [0.15, 0.2) is 0 Å². The smallest absolute Gasteiger partial charge is 0.234 e. The van der Waals surface area contributed by atoms with Crippen LogP contribution in [0.25, 0.3) is 10.2 Å². The molecular formula is C21H25N3OS2. The molecule has 0 aliphatic heterocycles. The molecule has 6 heteroatoms. The van der Waals surface area contributed by atoms with Crippen molar-refractivity contribution in [2.75, 3.05) is 11.1 Å². The van der Waals surface area contributed by atoms with Gasteiger partial charge in [-0.2, -0.15) is 0 Å². The van der Waals surface area contributed by atoms with Gasteiger partial charge in [-0.1, -0.05) is 36.4 Å². The Labute approximate surface area is 168 Å². The molecule has 1 aromatic carbocycles. The molecule has 0 saturated heterocycles. The Hall–Kier alpha value is -1.92. The number of fused-ring (bicyclic) bond motifs is 1. The average molecular weight is 400 g/mol. The lowest BCUT2D eigenvalue weighted by Crippen LogP contribution is -2.16. The SMILES string of the molecule is CCc1c(C)sc2nc(C)nc(SCC(=O)Nc3c(C)cc(C)cc3C)c12. The lowest BCUT2D eigenvalue weighted by molar-refractivity contribution is -0.113. The van der Waals surface area contributed by atoms with Crippen molar-refractivity contribution in [3.05, 3.63) is 45.1 Å². The number of rotatable bonds is 5. The summed E-state index contributed by atoms with van der Waals surface area (Å²) in [6, 6.07) is 4.18. The summed E-state index contributed by atoms with van der Waals surface area (Å²) < 4.78 is 0. The maximum Gasteiger partial charge on any atom is 0.234 e. The first-order valence-corrected chi connectivity index (χ1v) is 10.9. The minimum absolute atomic E-state index is 0.00975. The number of hydrogen-bond acceptors (Lipinski definition) is 5. The van der Waals surface area contributed by atoms with Crippen molar-refractivity contribution >= 4 is 44.9 Å². The molecule has 3 rings (SSSR count). The summed E-state index contributed by atoms with van der Waals surface area (Å²) in [6.45, 7) is 12.3. The Bertz CT molecular complexity index is 1000. The Balaban J connectivity index is 1.82. The van der Waals surface area contributed by atoms with E-state index in [1.165, 1.54) is 27.8 Å². The Morgan fingerprint density at radius 2 is 1.78 bits per heavy atom. The molecule has 2 heterocycles. The molecule has 27 heavy (non-hydrogen) atoms. The van der Waals surface area contributed by atoms with Crippen LogP contribution in [-0.4, -0.2) is 21.6 Å². The van der Waals surface area contributed by atoms with Crippen molar-refractivity contribution in [3.63, 3.8) is 0 Å². The maximum atomic E-state index is 12.6. The zero-order valence-corrected chi connectivity index (χ0v) is 18.3. The molecule has 1 N–H and O–H groups in total. The molecule has 0 aliphatic carbocycles. The van der Waals surface area contributed by atoms with Gasteiger partial charge in [0.25, 0.3) is 0 Å². The lowest BCUT2D eigenvalue weighted by Gasteiger charge is -2.13. The van der Waals surface area contributed by atoms with E-state index in [2.05, 4.69) is 48.2 Å². The second-order valence-corrected chi connectivity index (χ2v) is 9.02. The number of benzene rings is 1. The van der Waals surface area contributed by atoms with Crippen molar-refractivity contribution in [2.24, 2.45) is 0 Å². The van der Waals surface area contributed by atoms with Gasteiger partial charge < -0.3 is 5.32 Å². The third kappa shape index (κ3) is 4.17. The Morgan fingerprint density at radius 1 is 1.11 bits per heavy atom. The van der Waals surface area contributed by atoms with Crippen LogP contribution in [0.2, 0.25) is 0 Å². The fourth-order valence-electron chi connectivity index (χ4n) is 3.45. The van der Waals surface area contributed by atoms with Gasteiger partial charge in [0, 0.05) is 16.0 Å². The van der Waals surface area contributed by atoms with Crippen LogP contribution >= 0.6 is 23.1 Å². The fourth-order valence-corrected chi connectivity index (χ4v) is 5.58. The minimum atomic E-state index is -0.00975. The molecule has 0 aliphatic rings. The third-order valence-corrected chi connectivity index (χ3v) is 6.58. The van der Waals surface area contributed by atoms with E-state index in [1.54, 1.807) is 11.3 Å². The summed E-state index contributed by atoms with van der Waals surface area (Å²) >= 11 is 3.20. The minimum Gasteiger partial charge on any atom is -0.325 e. The van der Waals surface area contributed by atoms with E-state index < -0.39 is 0 Å². The van der Waals surface area contributed by atoms with Crippen LogP contribution in [-0.2, 0) is 11.2 Å². The van der Waals surface area contributed by atoms with Gasteiger partial charge in [0.05, 0.1) is 5.75 Å². The van der Waals surface area contributed by atoms with Gasteiger partial charge in [-0.3, -0.25) is 4.79 Å². The number of nitrogens with zero attached hydrogens (tertiary/aromatic N) is 2. The number of thioether (sulfide) groups is 1. The average Bonchev–Trinajstić information content (AvgIpc) is 2.90. The first kappa shape index (κ1) is 19.8. The van der Waals surface area contributed by atoms with Crippen LogP contribution in [0, 0.1) is 34.6 Å². The highest BCUT2D eigenvalue weighted by atomic mass is 32.2. The Kier molecular flexibility index (Phi) is 5.86. The van der Waals surface area contributed by atoms with Gasteiger partial charge in [-0.05, 0) is 57.7 Å². The summed E-state index contributed by atoms with van der Waals surface area (Å²) in [5, 5.41) is 5.10. The van der Waals surface area contributed by atoms with Crippen LogP contribution in [0.4, 0.5) is 5.69 Å². The first-order valence-electron chi connectivity index (χ1n) is 9.07. The quantitative estimate of drug-likeness (QED) is 0.453. The molecule has 0 saturated carbocycles. The number of thiophene rings is 1. The summed E-state index contributed by atoms with van der Waals surface area (Å²) in [5.74, 6) is 1.07. The molecule has 3 aromatic rings. The largest absolute Gasteiger partial charge is 0.325 e. The zero-order chi connectivity index (χ0) is 19.7. The molecule has 4 nitrogen and oxygen atoms in total. The molecule has 2 aromatic heterocycles. The maximum absolute atomic E-state index is 12.6. The van der Waals surface area contributed by atoms with Crippen LogP contribution < -0.4 is 5.32 Å². The van der Waals surface area contributed by atoms with Crippen molar-refractivity contribution in [1.82, 2.24) is 9.97 Å². The predicted octanol–water partition coefficient (Wildman–Crippen LogP) is 5.53. The van der Waals surface area contributed by atoms with Crippen molar-refractivity contribution < 1.29 is 4.79 Å². The molecular weight excluding hydrogens is 374 g/mol. The summed E-state index contributed by atoms with van der Waals surface area (Å²) in [7, 11) is 0. The van der Waals surface area contributed by atoms with Crippen LogP contribution in [0.1, 0.15) is 39.9 Å². The van der Waals surface area contributed by atoms with Gasteiger partial charge in [-0.15, -0.1) is 11.3 Å². The molecule has 0 spiro atoms.